The fraction of sp³-hybridized carbons (Fsp3) is 0.0667. The van der Waals surface area contributed by atoms with E-state index in [2.05, 4.69) is 10.3 Å². The van der Waals surface area contributed by atoms with Crippen LogP contribution >= 0.6 is 0 Å². The minimum Gasteiger partial charge on any atom is -0.373 e. The maximum absolute atomic E-state index is 13.7. The molecule has 0 saturated heterocycles. The number of nitrogens with zero attached hydrogens (tertiary/aromatic N) is 1. The number of aromatic amines is 1. The Morgan fingerprint density at radius 2 is 2.10 bits per heavy atom. The number of fused-ring (bicyclic) bond motifs is 1. The Labute approximate surface area is 119 Å². The molecule has 1 aromatic heterocycles. The molecule has 0 radical (unpaired) electrons. The fourth-order valence-electron chi connectivity index (χ4n) is 2.24. The molecule has 21 heavy (non-hydrogen) atoms. The average molecular weight is 285 g/mol. The van der Waals surface area contributed by atoms with Gasteiger partial charge in [-0.1, -0.05) is 18.2 Å². The number of benzene rings is 2. The molecule has 0 amide bonds. The van der Waals surface area contributed by atoms with Crippen LogP contribution < -0.4 is 5.32 Å². The van der Waals surface area contributed by atoms with E-state index in [1.54, 1.807) is 0 Å². The summed E-state index contributed by atoms with van der Waals surface area (Å²) in [5.41, 5.74) is 1.52. The van der Waals surface area contributed by atoms with Gasteiger partial charge in [0.15, 0.2) is 5.82 Å². The standard InChI is InChI=1S/C15H12FN3O2/c16-12-2-1-3-14(19(20)21)15(12)18-9-10-4-5-11-6-7-17-13(11)8-10/h1-8,17-18H,9H2. The number of hydrogen-bond donors (Lipinski definition) is 2. The van der Waals surface area contributed by atoms with Gasteiger partial charge in [-0.2, -0.15) is 0 Å². The summed E-state index contributed by atoms with van der Waals surface area (Å²) >= 11 is 0. The molecule has 0 aliphatic heterocycles. The minimum absolute atomic E-state index is 0.0888. The van der Waals surface area contributed by atoms with Crippen LogP contribution in [0.5, 0.6) is 0 Å². The number of nitrogens with one attached hydrogen (secondary N) is 2. The molecule has 0 atom stereocenters. The van der Waals surface area contributed by atoms with E-state index < -0.39 is 10.7 Å². The molecule has 0 fully saturated rings. The van der Waals surface area contributed by atoms with Crippen LogP contribution in [-0.2, 0) is 6.54 Å². The second kappa shape index (κ2) is 5.24. The van der Waals surface area contributed by atoms with Gasteiger partial charge in [-0.15, -0.1) is 0 Å². The van der Waals surface area contributed by atoms with Gasteiger partial charge in [0.25, 0.3) is 5.69 Å². The number of para-hydroxylation sites is 1. The van der Waals surface area contributed by atoms with Crippen molar-refractivity contribution in [1.29, 1.82) is 0 Å². The third-order valence-electron chi connectivity index (χ3n) is 3.28. The van der Waals surface area contributed by atoms with Gasteiger partial charge in [-0.3, -0.25) is 10.1 Å². The molecule has 0 aliphatic carbocycles. The zero-order valence-electron chi connectivity index (χ0n) is 11.0. The average Bonchev–Trinajstić information content (AvgIpc) is 2.93. The summed E-state index contributed by atoms with van der Waals surface area (Å²) in [5.74, 6) is -0.634. The van der Waals surface area contributed by atoms with E-state index in [0.29, 0.717) is 6.54 Å². The van der Waals surface area contributed by atoms with Crippen LogP contribution in [0.25, 0.3) is 10.9 Å². The van der Waals surface area contributed by atoms with Crippen molar-refractivity contribution in [2.24, 2.45) is 0 Å². The van der Waals surface area contributed by atoms with Gasteiger partial charge in [-0.25, -0.2) is 4.39 Å². The predicted molar refractivity (Wildman–Crippen MR) is 78.7 cm³/mol. The molecule has 5 nitrogen and oxygen atoms in total. The topological polar surface area (TPSA) is 71.0 Å². The number of hydrogen-bond acceptors (Lipinski definition) is 3. The molecule has 1 heterocycles. The highest BCUT2D eigenvalue weighted by Crippen LogP contribution is 2.27. The first-order valence-corrected chi connectivity index (χ1v) is 6.38. The molecule has 0 aliphatic rings. The van der Waals surface area contributed by atoms with Crippen molar-refractivity contribution in [2.75, 3.05) is 5.32 Å². The van der Waals surface area contributed by atoms with E-state index in [4.69, 9.17) is 0 Å². The highest BCUT2D eigenvalue weighted by atomic mass is 19.1. The first-order chi connectivity index (χ1) is 10.1. The Balaban J connectivity index is 1.85. The number of H-pyrrole nitrogens is 1. The minimum atomic E-state index is -0.634. The van der Waals surface area contributed by atoms with E-state index in [1.165, 1.54) is 18.2 Å². The molecule has 6 heteroatoms. The van der Waals surface area contributed by atoms with Crippen molar-refractivity contribution < 1.29 is 9.31 Å². The lowest BCUT2D eigenvalue weighted by atomic mass is 10.1. The van der Waals surface area contributed by atoms with Crippen molar-refractivity contribution in [3.63, 3.8) is 0 Å². The highest BCUT2D eigenvalue weighted by Gasteiger charge is 2.17. The third-order valence-corrected chi connectivity index (χ3v) is 3.28. The lowest BCUT2D eigenvalue weighted by Gasteiger charge is -2.08. The van der Waals surface area contributed by atoms with Crippen LogP contribution in [0.15, 0.2) is 48.7 Å². The highest BCUT2D eigenvalue weighted by molar-refractivity contribution is 5.80. The SMILES string of the molecule is O=[N+]([O-])c1cccc(F)c1NCc1ccc2cc[nH]c2c1. The second-order valence-electron chi connectivity index (χ2n) is 4.64. The van der Waals surface area contributed by atoms with Crippen LogP contribution in [0.2, 0.25) is 0 Å². The lowest BCUT2D eigenvalue weighted by Crippen LogP contribution is -2.04. The summed E-state index contributed by atoms with van der Waals surface area (Å²) < 4.78 is 13.7. The summed E-state index contributed by atoms with van der Waals surface area (Å²) in [6, 6.07) is 11.5. The monoisotopic (exact) mass is 285 g/mol. The summed E-state index contributed by atoms with van der Waals surface area (Å²) in [4.78, 5) is 13.4. The molecule has 2 aromatic carbocycles. The molecular weight excluding hydrogens is 273 g/mol. The Bertz CT molecular complexity index is 814. The molecular formula is C15H12FN3O2. The van der Waals surface area contributed by atoms with Crippen LogP contribution in [0, 0.1) is 15.9 Å². The lowest BCUT2D eigenvalue weighted by molar-refractivity contribution is -0.384. The van der Waals surface area contributed by atoms with E-state index in [9.17, 15) is 14.5 Å². The molecule has 3 rings (SSSR count). The van der Waals surface area contributed by atoms with Gasteiger partial charge < -0.3 is 10.3 Å². The van der Waals surface area contributed by atoms with Crippen molar-refractivity contribution in [2.45, 2.75) is 6.54 Å². The van der Waals surface area contributed by atoms with Crippen LogP contribution in [-0.4, -0.2) is 9.91 Å². The van der Waals surface area contributed by atoms with Gasteiger partial charge in [0.2, 0.25) is 0 Å². The molecule has 3 aromatic rings. The van der Waals surface area contributed by atoms with Gasteiger partial charge in [0.05, 0.1) is 4.92 Å². The summed E-state index contributed by atoms with van der Waals surface area (Å²) in [6.07, 6.45) is 1.84. The van der Waals surface area contributed by atoms with Gasteiger partial charge in [-0.05, 0) is 29.1 Å². The van der Waals surface area contributed by atoms with Crippen molar-refractivity contribution in [3.05, 3.63) is 70.2 Å². The van der Waals surface area contributed by atoms with Gasteiger partial charge in [0, 0.05) is 24.3 Å². The summed E-state index contributed by atoms with van der Waals surface area (Å²) in [5, 5.41) is 14.8. The number of halogens is 1. The zero-order valence-corrected chi connectivity index (χ0v) is 11.0. The number of aromatic nitrogens is 1. The Kier molecular flexibility index (Phi) is 3.27. The number of rotatable bonds is 4. The number of anilines is 1. The van der Waals surface area contributed by atoms with E-state index in [0.717, 1.165) is 16.5 Å². The third kappa shape index (κ3) is 2.55. The summed E-state index contributed by atoms with van der Waals surface area (Å²) in [6.45, 7) is 0.302. The van der Waals surface area contributed by atoms with Crippen molar-refractivity contribution in [1.82, 2.24) is 4.98 Å². The van der Waals surface area contributed by atoms with Crippen LogP contribution in [0.4, 0.5) is 15.8 Å². The Hall–Kier alpha value is -2.89. The normalized spacial score (nSPS) is 10.7. The van der Waals surface area contributed by atoms with E-state index >= 15 is 0 Å². The molecule has 0 saturated carbocycles. The van der Waals surface area contributed by atoms with E-state index in [1.807, 2.05) is 30.5 Å². The largest absolute Gasteiger partial charge is 0.373 e. The Morgan fingerprint density at radius 3 is 2.90 bits per heavy atom. The smallest absolute Gasteiger partial charge is 0.295 e. The zero-order chi connectivity index (χ0) is 14.8. The molecule has 0 unspecified atom stereocenters. The molecule has 0 bridgehead atoms. The predicted octanol–water partition coefficient (Wildman–Crippen LogP) is 3.83. The fourth-order valence-corrected chi connectivity index (χ4v) is 2.24. The first-order valence-electron chi connectivity index (χ1n) is 6.38. The number of nitro groups is 1. The molecule has 106 valence electrons. The molecule has 2 N–H and O–H groups in total. The quantitative estimate of drug-likeness (QED) is 0.565. The van der Waals surface area contributed by atoms with Gasteiger partial charge in [0.1, 0.15) is 5.69 Å². The van der Waals surface area contributed by atoms with Gasteiger partial charge >= 0.3 is 0 Å². The van der Waals surface area contributed by atoms with Crippen molar-refractivity contribution in [3.8, 4) is 0 Å². The van der Waals surface area contributed by atoms with E-state index in [-0.39, 0.29) is 11.4 Å². The maximum Gasteiger partial charge on any atom is 0.295 e. The van der Waals surface area contributed by atoms with Crippen LogP contribution in [0.3, 0.4) is 0 Å². The molecule has 0 spiro atoms. The second-order valence-corrected chi connectivity index (χ2v) is 4.64. The first kappa shape index (κ1) is 13.1. The maximum atomic E-state index is 13.7. The van der Waals surface area contributed by atoms with Crippen LogP contribution in [0.1, 0.15) is 5.56 Å². The summed E-state index contributed by atoms with van der Waals surface area (Å²) in [7, 11) is 0. The Morgan fingerprint density at radius 1 is 1.24 bits per heavy atom. The number of nitro benzene ring substituents is 1. The van der Waals surface area contributed by atoms with Crippen molar-refractivity contribution >= 4 is 22.3 Å².